The summed E-state index contributed by atoms with van der Waals surface area (Å²) in [5.41, 5.74) is 3.73. The topological polar surface area (TPSA) is 59.0 Å². The Morgan fingerprint density at radius 2 is 2.25 bits per heavy atom. The molecule has 5 heteroatoms. The molecule has 2 N–H and O–H groups in total. The van der Waals surface area contributed by atoms with Crippen LogP contribution in [0.1, 0.15) is 6.92 Å². The van der Waals surface area contributed by atoms with Crippen LogP contribution in [0.15, 0.2) is 54.1 Å². The first-order valence-electron chi connectivity index (χ1n) is 6.53. The number of hydrogen-bond donors (Lipinski definition) is 2. The molecular weight excluding hydrogens is 252 g/mol. The second-order valence-electron chi connectivity index (χ2n) is 4.81. The number of nitrogens with one attached hydrogen (secondary N) is 2. The van der Waals surface area contributed by atoms with Crippen molar-refractivity contribution in [3.05, 3.63) is 54.1 Å². The molecule has 0 atom stereocenters. The third-order valence-electron chi connectivity index (χ3n) is 3.45. The van der Waals surface area contributed by atoms with E-state index < -0.39 is 0 Å². The zero-order chi connectivity index (χ0) is 13.9. The maximum Gasteiger partial charge on any atom is 0.251 e. The molecule has 3 rings (SSSR count). The molecule has 1 aromatic heterocycles. The van der Waals surface area contributed by atoms with Crippen LogP contribution in [0.4, 0.5) is 5.69 Å². The van der Waals surface area contributed by atoms with E-state index in [1.54, 1.807) is 12.5 Å². The zero-order valence-corrected chi connectivity index (χ0v) is 11.3. The Bertz CT molecular complexity index is 652. The van der Waals surface area contributed by atoms with Gasteiger partial charge in [0.15, 0.2) is 0 Å². The summed E-state index contributed by atoms with van der Waals surface area (Å²) in [6.07, 6.45) is 5.33. The number of anilines is 1. The number of carbonyl (C=O) groups excluding carboxylic acids is 1. The summed E-state index contributed by atoms with van der Waals surface area (Å²) in [5.74, 6) is -0.0377. The Morgan fingerprint density at radius 1 is 1.40 bits per heavy atom. The van der Waals surface area contributed by atoms with E-state index in [4.69, 9.17) is 0 Å². The smallest absolute Gasteiger partial charge is 0.251 e. The first kappa shape index (κ1) is 12.6. The summed E-state index contributed by atoms with van der Waals surface area (Å²) in [6.45, 7) is 3.49. The number of rotatable bonds is 3. The van der Waals surface area contributed by atoms with Crippen LogP contribution >= 0.6 is 0 Å². The summed E-state index contributed by atoms with van der Waals surface area (Å²) < 4.78 is 1.90. The fourth-order valence-electron chi connectivity index (χ4n) is 2.06. The molecule has 1 aromatic carbocycles. The van der Waals surface area contributed by atoms with Gasteiger partial charge in [0.25, 0.3) is 5.91 Å². The van der Waals surface area contributed by atoms with E-state index in [-0.39, 0.29) is 5.91 Å². The summed E-state index contributed by atoms with van der Waals surface area (Å²) in [5, 5.41) is 6.08. The number of imidazole rings is 1. The van der Waals surface area contributed by atoms with Crippen molar-refractivity contribution < 1.29 is 4.79 Å². The Kier molecular flexibility index (Phi) is 3.35. The van der Waals surface area contributed by atoms with Crippen LogP contribution in [0.2, 0.25) is 0 Å². The number of amides is 1. The Morgan fingerprint density at radius 3 is 2.90 bits per heavy atom. The van der Waals surface area contributed by atoms with Crippen molar-refractivity contribution >= 4 is 11.6 Å². The monoisotopic (exact) mass is 268 g/mol. The number of hydrogen-bond acceptors (Lipinski definition) is 3. The predicted octanol–water partition coefficient (Wildman–Crippen LogP) is 1.73. The Balaban J connectivity index is 1.78. The molecule has 0 radical (unpaired) electrons. The number of benzene rings is 1. The van der Waals surface area contributed by atoms with Gasteiger partial charge in [0.05, 0.1) is 6.33 Å². The minimum absolute atomic E-state index is 0.0377. The first-order chi connectivity index (χ1) is 9.74. The van der Waals surface area contributed by atoms with Gasteiger partial charge in [-0.2, -0.15) is 0 Å². The van der Waals surface area contributed by atoms with E-state index in [9.17, 15) is 4.79 Å². The molecule has 0 bridgehead atoms. The summed E-state index contributed by atoms with van der Waals surface area (Å²) >= 11 is 0. The Labute approximate surface area is 117 Å². The lowest BCUT2D eigenvalue weighted by Crippen LogP contribution is -2.36. The van der Waals surface area contributed by atoms with Crippen molar-refractivity contribution in [1.29, 1.82) is 0 Å². The lowest BCUT2D eigenvalue weighted by atomic mass is 10.0. The van der Waals surface area contributed by atoms with Crippen LogP contribution in [0.5, 0.6) is 0 Å². The van der Waals surface area contributed by atoms with Gasteiger partial charge in [-0.1, -0.05) is 6.07 Å². The molecule has 102 valence electrons. The molecule has 0 unspecified atom stereocenters. The molecule has 1 saturated heterocycles. The van der Waals surface area contributed by atoms with E-state index in [0.717, 1.165) is 30.0 Å². The minimum atomic E-state index is -0.0377. The lowest BCUT2D eigenvalue weighted by Gasteiger charge is -2.21. The highest BCUT2D eigenvalue weighted by atomic mass is 16.1. The molecule has 1 fully saturated rings. The largest absolute Gasteiger partial charge is 0.322 e. The molecule has 2 heterocycles. The maximum atomic E-state index is 12.1. The third-order valence-corrected chi connectivity index (χ3v) is 3.45. The van der Waals surface area contributed by atoms with Crippen molar-refractivity contribution in [2.45, 2.75) is 6.92 Å². The highest BCUT2D eigenvalue weighted by molar-refractivity contribution is 6.04. The molecule has 1 aliphatic heterocycles. The molecule has 5 nitrogen and oxygen atoms in total. The van der Waals surface area contributed by atoms with Gasteiger partial charge >= 0.3 is 0 Å². The fourth-order valence-corrected chi connectivity index (χ4v) is 2.06. The van der Waals surface area contributed by atoms with E-state index in [2.05, 4.69) is 15.6 Å². The van der Waals surface area contributed by atoms with Gasteiger partial charge in [-0.15, -0.1) is 0 Å². The standard InChI is InChI=1S/C15H16N4O/c1-11(12-8-17-9-12)15(20)18-13-3-2-4-14(7-13)19-6-5-16-10-19/h2-7,10,17H,8-9H2,1H3,(H,18,20). The van der Waals surface area contributed by atoms with Gasteiger partial charge < -0.3 is 15.2 Å². The van der Waals surface area contributed by atoms with Crippen LogP contribution < -0.4 is 10.6 Å². The fraction of sp³-hybridized carbons (Fsp3) is 0.200. The number of carbonyl (C=O) groups is 1. The molecular formula is C15H16N4O. The number of aromatic nitrogens is 2. The van der Waals surface area contributed by atoms with Gasteiger partial charge in [-0.05, 0) is 30.7 Å². The van der Waals surface area contributed by atoms with Crippen molar-refractivity contribution in [3.8, 4) is 5.69 Å². The van der Waals surface area contributed by atoms with Crippen molar-refractivity contribution in [3.63, 3.8) is 0 Å². The van der Waals surface area contributed by atoms with E-state index in [1.165, 1.54) is 5.57 Å². The van der Waals surface area contributed by atoms with Crippen LogP contribution in [-0.4, -0.2) is 28.5 Å². The van der Waals surface area contributed by atoms with Gasteiger partial charge in [0.2, 0.25) is 0 Å². The summed E-state index contributed by atoms with van der Waals surface area (Å²) in [6, 6.07) is 7.70. The SMILES string of the molecule is CC(C(=O)Nc1cccc(-n2ccnc2)c1)=C1CNC1. The van der Waals surface area contributed by atoms with Gasteiger partial charge in [0.1, 0.15) is 0 Å². The van der Waals surface area contributed by atoms with Crippen molar-refractivity contribution in [2.24, 2.45) is 0 Å². The van der Waals surface area contributed by atoms with Crippen molar-refractivity contribution in [2.75, 3.05) is 18.4 Å². The Hall–Kier alpha value is -2.40. The first-order valence-corrected chi connectivity index (χ1v) is 6.53. The predicted molar refractivity (Wildman–Crippen MR) is 77.8 cm³/mol. The summed E-state index contributed by atoms with van der Waals surface area (Å²) in [7, 11) is 0. The average Bonchev–Trinajstić information content (AvgIpc) is 2.90. The highest BCUT2D eigenvalue weighted by Gasteiger charge is 2.16. The molecule has 20 heavy (non-hydrogen) atoms. The molecule has 2 aromatic rings. The van der Waals surface area contributed by atoms with Crippen molar-refractivity contribution in [1.82, 2.24) is 14.9 Å². The quantitative estimate of drug-likeness (QED) is 0.833. The van der Waals surface area contributed by atoms with Gasteiger partial charge in [0, 0.05) is 42.4 Å². The molecule has 1 amide bonds. The number of nitrogens with zero attached hydrogens (tertiary/aromatic N) is 2. The zero-order valence-electron chi connectivity index (χ0n) is 11.3. The molecule has 0 saturated carbocycles. The average molecular weight is 268 g/mol. The summed E-state index contributed by atoms with van der Waals surface area (Å²) in [4.78, 5) is 16.1. The second kappa shape index (κ2) is 5.30. The third kappa shape index (κ3) is 2.48. The second-order valence-corrected chi connectivity index (χ2v) is 4.81. The highest BCUT2D eigenvalue weighted by Crippen LogP contribution is 2.16. The van der Waals surface area contributed by atoms with Gasteiger partial charge in [-0.25, -0.2) is 4.98 Å². The van der Waals surface area contributed by atoms with Crippen LogP contribution in [0, 0.1) is 0 Å². The lowest BCUT2D eigenvalue weighted by molar-refractivity contribution is -0.112. The van der Waals surface area contributed by atoms with E-state index >= 15 is 0 Å². The van der Waals surface area contributed by atoms with Crippen LogP contribution in [0.25, 0.3) is 5.69 Å². The molecule has 0 spiro atoms. The minimum Gasteiger partial charge on any atom is -0.322 e. The van der Waals surface area contributed by atoms with Crippen LogP contribution in [0.3, 0.4) is 0 Å². The van der Waals surface area contributed by atoms with E-state index in [0.29, 0.717) is 0 Å². The molecule has 1 aliphatic rings. The van der Waals surface area contributed by atoms with E-state index in [1.807, 2.05) is 42.0 Å². The van der Waals surface area contributed by atoms with Gasteiger partial charge in [-0.3, -0.25) is 4.79 Å². The normalized spacial score (nSPS) is 13.8. The molecule has 0 aliphatic carbocycles. The van der Waals surface area contributed by atoms with Crippen LogP contribution in [-0.2, 0) is 4.79 Å². The maximum absolute atomic E-state index is 12.1.